The summed E-state index contributed by atoms with van der Waals surface area (Å²) in [7, 11) is 1.64. The zero-order chi connectivity index (χ0) is 27.4. The maximum Gasteiger partial charge on any atom is 0.253 e. The Morgan fingerprint density at radius 2 is 1.74 bits per heavy atom. The smallest absolute Gasteiger partial charge is 0.253 e. The standard InChI is InChI=1S/C30H31ClN6O2/c1-20-13-14-21(2)27-24(20)17-25(30(38)32-27)28(29-33-34-35-37(29)15-16-39-3)36(18-22-9-5-4-6-10-22)19-23-11-7-8-12-26(23)31/h4-14,17,28H,15-16,18-19H2,1-3H3,(H,32,38). The van der Waals surface area contributed by atoms with Crippen molar-refractivity contribution in [1.82, 2.24) is 30.1 Å². The number of benzene rings is 3. The Morgan fingerprint density at radius 3 is 2.51 bits per heavy atom. The van der Waals surface area contributed by atoms with Crippen molar-refractivity contribution in [1.29, 1.82) is 0 Å². The van der Waals surface area contributed by atoms with Gasteiger partial charge in [0.1, 0.15) is 6.04 Å². The maximum atomic E-state index is 13.8. The highest BCUT2D eigenvalue weighted by Gasteiger charge is 2.31. The van der Waals surface area contributed by atoms with Gasteiger partial charge in [-0.15, -0.1) is 5.10 Å². The average molecular weight is 543 g/mol. The number of nitrogens with zero attached hydrogens (tertiary/aromatic N) is 5. The molecular formula is C30H31ClN6O2. The second-order valence-corrected chi connectivity index (χ2v) is 10.1. The van der Waals surface area contributed by atoms with Crippen molar-refractivity contribution in [3.05, 3.63) is 122 Å². The Balaban J connectivity index is 1.73. The largest absolute Gasteiger partial charge is 0.383 e. The van der Waals surface area contributed by atoms with Gasteiger partial charge >= 0.3 is 0 Å². The molecule has 5 aromatic rings. The molecule has 200 valence electrons. The lowest BCUT2D eigenvalue weighted by molar-refractivity contribution is 0.169. The number of tetrazole rings is 1. The van der Waals surface area contributed by atoms with E-state index >= 15 is 0 Å². The lowest BCUT2D eigenvalue weighted by Crippen LogP contribution is -2.35. The Hall–Kier alpha value is -3.85. The number of hydrogen-bond donors (Lipinski definition) is 1. The summed E-state index contributed by atoms with van der Waals surface area (Å²) in [5.74, 6) is 0.560. The van der Waals surface area contributed by atoms with Crippen LogP contribution in [0.15, 0.2) is 77.6 Å². The highest BCUT2D eigenvalue weighted by Crippen LogP contribution is 2.32. The summed E-state index contributed by atoms with van der Waals surface area (Å²) in [6.45, 7) is 5.94. The number of H-pyrrole nitrogens is 1. The van der Waals surface area contributed by atoms with E-state index in [1.54, 1.807) is 11.8 Å². The van der Waals surface area contributed by atoms with Crippen LogP contribution in [0.2, 0.25) is 5.02 Å². The van der Waals surface area contributed by atoms with Crippen molar-refractivity contribution in [2.75, 3.05) is 13.7 Å². The van der Waals surface area contributed by atoms with Gasteiger partial charge in [-0.2, -0.15) is 0 Å². The fourth-order valence-corrected chi connectivity index (χ4v) is 5.14. The first-order valence-electron chi connectivity index (χ1n) is 12.9. The second kappa shape index (κ2) is 11.9. The Morgan fingerprint density at radius 1 is 1.00 bits per heavy atom. The van der Waals surface area contributed by atoms with Crippen molar-refractivity contribution in [3.63, 3.8) is 0 Å². The van der Waals surface area contributed by atoms with Gasteiger partial charge < -0.3 is 9.72 Å². The molecule has 0 aliphatic rings. The van der Waals surface area contributed by atoms with Gasteiger partial charge in [-0.25, -0.2) is 4.68 Å². The summed E-state index contributed by atoms with van der Waals surface area (Å²) >= 11 is 6.64. The van der Waals surface area contributed by atoms with Crippen LogP contribution in [0.5, 0.6) is 0 Å². The lowest BCUT2D eigenvalue weighted by atomic mass is 9.98. The summed E-state index contributed by atoms with van der Waals surface area (Å²) in [6, 6.07) is 23.4. The highest BCUT2D eigenvalue weighted by atomic mass is 35.5. The molecule has 9 heteroatoms. The van der Waals surface area contributed by atoms with Crippen molar-refractivity contribution in [3.8, 4) is 0 Å². The van der Waals surface area contributed by atoms with Gasteiger partial charge in [0.2, 0.25) is 0 Å². The van der Waals surface area contributed by atoms with E-state index in [1.807, 2.05) is 68.4 Å². The topological polar surface area (TPSA) is 88.9 Å². The van der Waals surface area contributed by atoms with Crippen LogP contribution in [0.1, 0.15) is 39.7 Å². The first kappa shape index (κ1) is 26.7. The fourth-order valence-electron chi connectivity index (χ4n) is 4.94. The van der Waals surface area contributed by atoms with E-state index in [-0.39, 0.29) is 5.56 Å². The van der Waals surface area contributed by atoms with E-state index in [4.69, 9.17) is 16.3 Å². The molecular weight excluding hydrogens is 512 g/mol. The van der Waals surface area contributed by atoms with E-state index in [0.717, 1.165) is 33.2 Å². The van der Waals surface area contributed by atoms with Crippen LogP contribution < -0.4 is 5.56 Å². The number of rotatable bonds is 10. The minimum Gasteiger partial charge on any atom is -0.383 e. The molecule has 1 N–H and O–H groups in total. The minimum absolute atomic E-state index is 0.181. The van der Waals surface area contributed by atoms with Gasteiger partial charge in [0.15, 0.2) is 5.82 Å². The van der Waals surface area contributed by atoms with Crippen LogP contribution in [0.4, 0.5) is 0 Å². The van der Waals surface area contributed by atoms with Gasteiger partial charge in [-0.1, -0.05) is 72.3 Å². The second-order valence-electron chi connectivity index (χ2n) is 9.68. The number of fused-ring (bicyclic) bond motifs is 1. The van der Waals surface area contributed by atoms with Gasteiger partial charge in [0, 0.05) is 36.2 Å². The Kier molecular flexibility index (Phi) is 8.16. The molecule has 1 atom stereocenters. The van der Waals surface area contributed by atoms with Crippen LogP contribution >= 0.6 is 11.6 Å². The molecule has 0 saturated carbocycles. The third-order valence-corrected chi connectivity index (χ3v) is 7.37. The average Bonchev–Trinajstić information content (AvgIpc) is 3.40. The molecule has 0 fully saturated rings. The van der Waals surface area contributed by atoms with Crippen molar-refractivity contribution >= 4 is 22.5 Å². The van der Waals surface area contributed by atoms with Gasteiger partial charge in [-0.3, -0.25) is 9.69 Å². The van der Waals surface area contributed by atoms with E-state index in [2.05, 4.69) is 43.6 Å². The van der Waals surface area contributed by atoms with Gasteiger partial charge in [-0.05, 0) is 58.7 Å². The molecule has 3 aromatic carbocycles. The first-order chi connectivity index (χ1) is 19.0. The molecule has 1 unspecified atom stereocenters. The molecule has 0 aliphatic heterocycles. The SMILES string of the molecule is COCCn1nnnc1C(c1cc2c(C)ccc(C)c2[nH]c1=O)N(Cc1ccccc1)Cc1ccccc1Cl. The molecule has 0 radical (unpaired) electrons. The zero-order valence-electron chi connectivity index (χ0n) is 22.3. The molecule has 0 saturated heterocycles. The number of aromatic amines is 1. The van der Waals surface area contributed by atoms with Crippen LogP contribution in [-0.4, -0.2) is 43.8 Å². The Bertz CT molecular complexity index is 1630. The molecule has 2 heterocycles. The van der Waals surface area contributed by atoms with E-state index in [0.29, 0.717) is 42.7 Å². The van der Waals surface area contributed by atoms with E-state index in [1.165, 1.54) is 0 Å². The summed E-state index contributed by atoms with van der Waals surface area (Å²) in [5, 5.41) is 14.4. The Labute approximate surface area is 232 Å². The summed E-state index contributed by atoms with van der Waals surface area (Å²) < 4.78 is 7.03. The molecule has 2 aromatic heterocycles. The number of nitrogens with one attached hydrogen (secondary N) is 1. The number of halogens is 1. The monoisotopic (exact) mass is 542 g/mol. The molecule has 0 aliphatic carbocycles. The van der Waals surface area contributed by atoms with Crippen LogP contribution in [0.3, 0.4) is 0 Å². The molecule has 0 bridgehead atoms. The maximum absolute atomic E-state index is 13.8. The highest BCUT2D eigenvalue weighted by molar-refractivity contribution is 6.31. The quantitative estimate of drug-likeness (QED) is 0.260. The first-order valence-corrected chi connectivity index (χ1v) is 13.2. The third-order valence-electron chi connectivity index (χ3n) is 7.00. The summed E-state index contributed by atoms with van der Waals surface area (Å²) in [5.41, 5.74) is 5.34. The molecule has 5 rings (SSSR count). The third kappa shape index (κ3) is 5.78. The lowest BCUT2D eigenvalue weighted by Gasteiger charge is -2.31. The fraction of sp³-hybridized carbons (Fsp3) is 0.267. The number of hydrogen-bond acceptors (Lipinski definition) is 6. The zero-order valence-corrected chi connectivity index (χ0v) is 23.0. The normalized spacial score (nSPS) is 12.3. The number of ether oxygens (including phenoxy) is 1. The minimum atomic E-state index is -0.568. The van der Waals surface area contributed by atoms with Crippen LogP contribution in [-0.2, 0) is 24.4 Å². The predicted octanol–water partition coefficient (Wildman–Crippen LogP) is 5.22. The predicted molar refractivity (Wildman–Crippen MR) is 153 cm³/mol. The van der Waals surface area contributed by atoms with Crippen molar-refractivity contribution in [2.45, 2.75) is 39.5 Å². The molecule has 8 nitrogen and oxygen atoms in total. The number of aromatic nitrogens is 5. The summed E-state index contributed by atoms with van der Waals surface area (Å²) in [6.07, 6.45) is 0. The van der Waals surface area contributed by atoms with Gasteiger partial charge in [0.25, 0.3) is 5.56 Å². The molecule has 0 spiro atoms. The van der Waals surface area contributed by atoms with E-state index < -0.39 is 6.04 Å². The van der Waals surface area contributed by atoms with Crippen molar-refractivity contribution < 1.29 is 4.74 Å². The molecule has 39 heavy (non-hydrogen) atoms. The van der Waals surface area contributed by atoms with Gasteiger partial charge in [0.05, 0.1) is 18.7 Å². The molecule has 0 amide bonds. The van der Waals surface area contributed by atoms with Crippen molar-refractivity contribution in [2.24, 2.45) is 0 Å². The van der Waals surface area contributed by atoms with Crippen LogP contribution in [0.25, 0.3) is 10.9 Å². The number of methoxy groups -OCH3 is 1. The number of aryl methyl sites for hydroxylation is 2. The van der Waals surface area contributed by atoms with E-state index in [9.17, 15) is 4.79 Å². The summed E-state index contributed by atoms with van der Waals surface area (Å²) in [4.78, 5) is 19.2. The number of pyridine rings is 1. The van der Waals surface area contributed by atoms with Crippen LogP contribution in [0, 0.1) is 13.8 Å².